The van der Waals surface area contributed by atoms with Crippen molar-refractivity contribution in [1.82, 2.24) is 10.2 Å². The molecule has 1 amide bonds. The van der Waals surface area contributed by atoms with Gasteiger partial charge in [0.05, 0.1) is 11.0 Å². The lowest BCUT2D eigenvalue weighted by molar-refractivity contribution is -0.0433. The Balaban J connectivity index is 0.00000261. The van der Waals surface area contributed by atoms with Crippen molar-refractivity contribution in [1.29, 1.82) is 0 Å². The molecule has 1 aromatic rings. The Morgan fingerprint density at radius 3 is 2.70 bits per heavy atom. The highest BCUT2D eigenvalue weighted by atomic mass is 35.5. The van der Waals surface area contributed by atoms with Gasteiger partial charge in [0.2, 0.25) is 10.0 Å². The molecule has 152 valence electrons. The van der Waals surface area contributed by atoms with Gasteiger partial charge in [-0.3, -0.25) is 4.79 Å². The zero-order chi connectivity index (χ0) is 19.1. The van der Waals surface area contributed by atoms with E-state index in [0.717, 1.165) is 19.4 Å². The number of nitrogens with one attached hydrogen (secondary N) is 1. The SMILES string of the molecule is Cc1cc(C(=O)N2CCC[C@]3(CNCC[C@@H]3O)C2)cc(S(N)(=O)=O)c1C.Cl. The summed E-state index contributed by atoms with van der Waals surface area (Å²) in [5, 5.41) is 19.1. The summed E-state index contributed by atoms with van der Waals surface area (Å²) in [4.78, 5) is 14.8. The van der Waals surface area contributed by atoms with Crippen molar-refractivity contribution in [2.75, 3.05) is 26.2 Å². The van der Waals surface area contributed by atoms with Crippen molar-refractivity contribution in [2.24, 2.45) is 10.6 Å². The lowest BCUT2D eigenvalue weighted by Gasteiger charge is -2.48. The first-order valence-corrected chi connectivity index (χ1v) is 10.5. The molecule has 1 aromatic carbocycles. The van der Waals surface area contributed by atoms with E-state index < -0.39 is 16.1 Å². The maximum Gasteiger partial charge on any atom is 0.253 e. The van der Waals surface area contributed by atoms with Crippen LogP contribution in [0.2, 0.25) is 0 Å². The normalized spacial score (nSPS) is 25.9. The summed E-state index contributed by atoms with van der Waals surface area (Å²) in [6, 6.07) is 3.08. The number of hydrogen-bond acceptors (Lipinski definition) is 5. The van der Waals surface area contributed by atoms with Gasteiger partial charge >= 0.3 is 0 Å². The first-order chi connectivity index (χ1) is 12.1. The average Bonchev–Trinajstić information content (AvgIpc) is 2.58. The van der Waals surface area contributed by atoms with Gasteiger partial charge in [0.1, 0.15) is 0 Å². The number of amides is 1. The fourth-order valence-corrected chi connectivity index (χ4v) is 5.06. The Hall–Kier alpha value is -1.19. The highest BCUT2D eigenvalue weighted by molar-refractivity contribution is 7.89. The lowest BCUT2D eigenvalue weighted by Crippen LogP contribution is -2.58. The predicted octanol–water partition coefficient (Wildman–Crippen LogP) is 0.949. The number of likely N-dealkylation sites (tertiary alicyclic amines) is 1. The molecule has 7 nitrogen and oxygen atoms in total. The summed E-state index contributed by atoms with van der Waals surface area (Å²) in [5.41, 5.74) is 1.28. The maximum absolute atomic E-state index is 13.1. The van der Waals surface area contributed by atoms with Crippen molar-refractivity contribution in [2.45, 2.75) is 44.1 Å². The molecule has 2 fully saturated rings. The third-order valence-corrected chi connectivity index (χ3v) is 6.88. The van der Waals surface area contributed by atoms with E-state index >= 15 is 0 Å². The van der Waals surface area contributed by atoms with Crippen LogP contribution in [0, 0.1) is 19.3 Å². The number of carbonyl (C=O) groups excluding carboxylic acids is 1. The molecule has 3 rings (SSSR count). The Bertz CT molecular complexity index is 826. The van der Waals surface area contributed by atoms with Gasteiger partial charge in [-0.15, -0.1) is 12.4 Å². The first kappa shape index (κ1) is 22.1. The quantitative estimate of drug-likeness (QED) is 0.663. The summed E-state index contributed by atoms with van der Waals surface area (Å²) in [5.74, 6) is -0.213. The Labute approximate surface area is 166 Å². The summed E-state index contributed by atoms with van der Waals surface area (Å²) in [7, 11) is -3.90. The molecule has 2 saturated heterocycles. The van der Waals surface area contributed by atoms with Crippen LogP contribution in [0.4, 0.5) is 0 Å². The van der Waals surface area contributed by atoms with Crippen LogP contribution in [0.1, 0.15) is 40.7 Å². The smallest absolute Gasteiger partial charge is 0.253 e. The fraction of sp³-hybridized carbons (Fsp3) is 0.611. The number of benzene rings is 1. The van der Waals surface area contributed by atoms with Gasteiger partial charge in [0.15, 0.2) is 0 Å². The number of hydrogen-bond donors (Lipinski definition) is 3. The molecule has 0 radical (unpaired) electrons. The summed E-state index contributed by atoms with van der Waals surface area (Å²) < 4.78 is 23.7. The van der Waals surface area contributed by atoms with Gasteiger partial charge in [-0.1, -0.05) is 0 Å². The second kappa shape index (κ2) is 8.05. The maximum atomic E-state index is 13.1. The van der Waals surface area contributed by atoms with Gasteiger partial charge < -0.3 is 15.3 Å². The van der Waals surface area contributed by atoms with Gasteiger partial charge in [-0.25, -0.2) is 13.6 Å². The number of aliphatic hydroxyl groups is 1. The fourth-order valence-electron chi connectivity index (χ4n) is 4.18. The molecule has 0 bridgehead atoms. The predicted molar refractivity (Wildman–Crippen MR) is 106 cm³/mol. The molecule has 1 spiro atoms. The van der Waals surface area contributed by atoms with Crippen LogP contribution in [-0.2, 0) is 10.0 Å². The van der Waals surface area contributed by atoms with E-state index in [-0.39, 0.29) is 28.6 Å². The number of halogens is 1. The van der Waals surface area contributed by atoms with Crippen molar-refractivity contribution in [3.63, 3.8) is 0 Å². The van der Waals surface area contributed by atoms with E-state index in [2.05, 4.69) is 5.32 Å². The topological polar surface area (TPSA) is 113 Å². The number of piperidine rings is 2. The highest BCUT2D eigenvalue weighted by Gasteiger charge is 2.44. The summed E-state index contributed by atoms with van der Waals surface area (Å²) in [6.07, 6.45) is 1.94. The summed E-state index contributed by atoms with van der Waals surface area (Å²) in [6.45, 7) is 6.00. The minimum atomic E-state index is -3.90. The molecule has 0 aliphatic carbocycles. The molecule has 0 aromatic heterocycles. The Morgan fingerprint density at radius 2 is 2.07 bits per heavy atom. The third kappa shape index (κ3) is 4.30. The molecule has 9 heteroatoms. The minimum absolute atomic E-state index is 0. The van der Waals surface area contributed by atoms with Crippen LogP contribution in [-0.4, -0.2) is 56.6 Å². The van der Waals surface area contributed by atoms with Crippen LogP contribution in [0.5, 0.6) is 0 Å². The molecule has 2 aliphatic rings. The van der Waals surface area contributed by atoms with E-state index in [0.29, 0.717) is 42.7 Å². The lowest BCUT2D eigenvalue weighted by atomic mass is 9.72. The van der Waals surface area contributed by atoms with Crippen LogP contribution >= 0.6 is 12.4 Å². The number of aryl methyl sites for hydroxylation is 1. The van der Waals surface area contributed by atoms with Crippen LogP contribution in [0.15, 0.2) is 17.0 Å². The van der Waals surface area contributed by atoms with E-state index in [9.17, 15) is 18.3 Å². The monoisotopic (exact) mass is 417 g/mol. The average molecular weight is 418 g/mol. The molecule has 27 heavy (non-hydrogen) atoms. The number of nitrogens with zero attached hydrogens (tertiary/aromatic N) is 1. The molecular formula is C18H28ClN3O4S. The Kier molecular flexibility index (Phi) is 6.59. The second-order valence-corrected chi connectivity index (χ2v) is 9.17. The van der Waals surface area contributed by atoms with Crippen LogP contribution < -0.4 is 10.5 Å². The molecular weight excluding hydrogens is 390 g/mol. The third-order valence-electron chi connectivity index (χ3n) is 5.85. The van der Waals surface area contributed by atoms with E-state index in [4.69, 9.17) is 5.14 Å². The molecule has 2 aliphatic heterocycles. The first-order valence-electron chi connectivity index (χ1n) is 8.96. The minimum Gasteiger partial charge on any atom is -0.392 e. The number of aliphatic hydroxyl groups excluding tert-OH is 1. The van der Waals surface area contributed by atoms with Gasteiger partial charge in [0.25, 0.3) is 5.91 Å². The van der Waals surface area contributed by atoms with E-state index in [1.165, 1.54) is 6.07 Å². The highest BCUT2D eigenvalue weighted by Crippen LogP contribution is 2.37. The molecule has 4 N–H and O–H groups in total. The van der Waals surface area contributed by atoms with Crippen molar-refractivity contribution >= 4 is 28.3 Å². The zero-order valence-electron chi connectivity index (χ0n) is 15.7. The number of nitrogens with two attached hydrogens (primary N) is 1. The van der Waals surface area contributed by atoms with Crippen molar-refractivity contribution in [3.8, 4) is 0 Å². The van der Waals surface area contributed by atoms with E-state index in [1.807, 2.05) is 0 Å². The molecule has 2 atom stereocenters. The molecule has 2 heterocycles. The van der Waals surface area contributed by atoms with Gasteiger partial charge in [-0.05, 0) is 62.9 Å². The number of sulfonamides is 1. The number of rotatable bonds is 2. The molecule has 0 unspecified atom stereocenters. The Morgan fingerprint density at radius 1 is 1.37 bits per heavy atom. The number of carbonyl (C=O) groups is 1. The van der Waals surface area contributed by atoms with Crippen molar-refractivity contribution < 1.29 is 18.3 Å². The largest absolute Gasteiger partial charge is 0.392 e. The molecule has 0 saturated carbocycles. The zero-order valence-corrected chi connectivity index (χ0v) is 17.3. The standard InChI is InChI=1S/C18H27N3O4S.ClH/c1-12-8-14(9-15(13(12)2)26(19,24)25)17(23)21-7-3-5-18(11-21)10-20-6-4-16(18)22;/h8-9,16,20,22H,3-7,10-11H2,1-2H3,(H2,19,24,25);1H/t16-,18-;/m0./s1. The summed E-state index contributed by atoms with van der Waals surface area (Å²) >= 11 is 0. The van der Waals surface area contributed by atoms with Gasteiger partial charge in [-0.2, -0.15) is 0 Å². The number of primary sulfonamides is 1. The van der Waals surface area contributed by atoms with Crippen molar-refractivity contribution in [3.05, 3.63) is 28.8 Å². The van der Waals surface area contributed by atoms with Crippen LogP contribution in [0.3, 0.4) is 0 Å². The van der Waals surface area contributed by atoms with Gasteiger partial charge in [0, 0.05) is 30.6 Å². The van der Waals surface area contributed by atoms with E-state index in [1.54, 1.807) is 24.8 Å². The second-order valence-electron chi connectivity index (χ2n) is 7.64. The van der Waals surface area contributed by atoms with Crippen LogP contribution in [0.25, 0.3) is 0 Å².